The molecule has 0 bridgehead atoms. The van der Waals surface area contributed by atoms with Crippen LogP contribution in [0.2, 0.25) is 0 Å². The Bertz CT molecular complexity index is 477. The SMILES string of the molecule is CC(C)(C)OC(=O)N1C=CCc2ncncc2C1. The molecular weight excluding hydrogens is 230 g/mol. The summed E-state index contributed by atoms with van der Waals surface area (Å²) in [5.74, 6) is 0. The van der Waals surface area contributed by atoms with Crippen LogP contribution < -0.4 is 0 Å². The normalized spacial score (nSPS) is 14.9. The number of carbonyl (C=O) groups is 1. The Hall–Kier alpha value is -1.91. The van der Waals surface area contributed by atoms with Crippen LogP contribution in [0.5, 0.6) is 0 Å². The average molecular weight is 247 g/mol. The number of allylic oxidation sites excluding steroid dienone is 1. The quantitative estimate of drug-likeness (QED) is 0.705. The van der Waals surface area contributed by atoms with Gasteiger partial charge in [0.05, 0.1) is 12.2 Å². The molecule has 0 atom stereocenters. The van der Waals surface area contributed by atoms with Crippen LogP contribution in [0.15, 0.2) is 24.8 Å². The van der Waals surface area contributed by atoms with Gasteiger partial charge in [-0.15, -0.1) is 0 Å². The first-order chi connectivity index (χ1) is 8.46. The monoisotopic (exact) mass is 247 g/mol. The van der Waals surface area contributed by atoms with Gasteiger partial charge >= 0.3 is 6.09 Å². The molecule has 0 saturated carbocycles. The lowest BCUT2D eigenvalue weighted by molar-refractivity contribution is 0.0323. The van der Waals surface area contributed by atoms with E-state index in [1.807, 2.05) is 26.8 Å². The maximum absolute atomic E-state index is 12.0. The van der Waals surface area contributed by atoms with E-state index in [9.17, 15) is 4.79 Å². The molecule has 1 aromatic heterocycles. The van der Waals surface area contributed by atoms with Gasteiger partial charge in [0.25, 0.3) is 0 Å². The molecule has 96 valence electrons. The molecule has 0 saturated heterocycles. The smallest absolute Gasteiger partial charge is 0.414 e. The summed E-state index contributed by atoms with van der Waals surface area (Å²) in [7, 11) is 0. The zero-order valence-corrected chi connectivity index (χ0v) is 10.9. The van der Waals surface area contributed by atoms with Crippen molar-refractivity contribution in [1.29, 1.82) is 0 Å². The fraction of sp³-hybridized carbons (Fsp3) is 0.462. The minimum absolute atomic E-state index is 0.351. The third-order valence-electron chi connectivity index (χ3n) is 2.45. The molecule has 1 aliphatic heterocycles. The number of fused-ring (bicyclic) bond motifs is 1. The number of amides is 1. The highest BCUT2D eigenvalue weighted by Gasteiger charge is 2.22. The number of rotatable bonds is 0. The molecule has 0 radical (unpaired) electrons. The highest BCUT2D eigenvalue weighted by atomic mass is 16.6. The van der Waals surface area contributed by atoms with Gasteiger partial charge in [0.15, 0.2) is 0 Å². The molecule has 1 aliphatic rings. The average Bonchev–Trinajstić information content (AvgIpc) is 2.48. The third kappa shape index (κ3) is 3.06. The Kier molecular flexibility index (Phi) is 3.32. The van der Waals surface area contributed by atoms with Crippen molar-refractivity contribution >= 4 is 6.09 Å². The molecule has 0 aromatic carbocycles. The Morgan fingerprint density at radius 1 is 1.44 bits per heavy atom. The lowest BCUT2D eigenvalue weighted by Gasteiger charge is -2.24. The van der Waals surface area contributed by atoms with Gasteiger partial charge in [-0.2, -0.15) is 0 Å². The van der Waals surface area contributed by atoms with Gasteiger partial charge in [-0.3, -0.25) is 4.90 Å². The Balaban J connectivity index is 2.15. The van der Waals surface area contributed by atoms with E-state index in [4.69, 9.17) is 4.74 Å². The molecule has 2 heterocycles. The summed E-state index contributed by atoms with van der Waals surface area (Å²) in [6.45, 7) is 6.00. The predicted octanol–water partition coefficient (Wildman–Crippen LogP) is 2.28. The second-order valence-corrected chi connectivity index (χ2v) is 5.19. The summed E-state index contributed by atoms with van der Waals surface area (Å²) in [5, 5.41) is 0. The fourth-order valence-electron chi connectivity index (χ4n) is 1.67. The zero-order chi connectivity index (χ0) is 13.2. The van der Waals surface area contributed by atoms with Crippen molar-refractivity contribution in [1.82, 2.24) is 14.9 Å². The van der Waals surface area contributed by atoms with Gasteiger partial charge in [0, 0.05) is 24.4 Å². The molecule has 18 heavy (non-hydrogen) atoms. The van der Waals surface area contributed by atoms with E-state index in [0.717, 1.165) is 11.3 Å². The van der Waals surface area contributed by atoms with Crippen LogP contribution in [0.3, 0.4) is 0 Å². The third-order valence-corrected chi connectivity index (χ3v) is 2.45. The fourth-order valence-corrected chi connectivity index (χ4v) is 1.67. The minimum atomic E-state index is -0.493. The minimum Gasteiger partial charge on any atom is -0.443 e. The van der Waals surface area contributed by atoms with E-state index >= 15 is 0 Å². The number of hydrogen-bond donors (Lipinski definition) is 0. The highest BCUT2D eigenvalue weighted by Crippen LogP contribution is 2.17. The van der Waals surface area contributed by atoms with Crippen LogP contribution in [0, 0.1) is 0 Å². The molecule has 2 rings (SSSR count). The van der Waals surface area contributed by atoms with Gasteiger partial charge in [-0.25, -0.2) is 14.8 Å². The number of aromatic nitrogens is 2. The molecule has 0 aliphatic carbocycles. The topological polar surface area (TPSA) is 55.3 Å². The predicted molar refractivity (Wildman–Crippen MR) is 66.7 cm³/mol. The van der Waals surface area contributed by atoms with Crippen molar-refractivity contribution in [2.75, 3.05) is 0 Å². The number of carbonyl (C=O) groups excluding carboxylic acids is 1. The van der Waals surface area contributed by atoms with Crippen LogP contribution in [-0.2, 0) is 17.7 Å². The van der Waals surface area contributed by atoms with E-state index in [2.05, 4.69) is 9.97 Å². The standard InChI is InChI=1S/C13H17N3O2/c1-13(2,3)18-12(17)16-6-4-5-11-10(8-16)7-14-9-15-11/h4,6-7,9H,5,8H2,1-3H3. The summed E-state index contributed by atoms with van der Waals surface area (Å²) in [4.78, 5) is 21.7. The zero-order valence-electron chi connectivity index (χ0n) is 10.9. The number of hydrogen-bond acceptors (Lipinski definition) is 4. The van der Waals surface area contributed by atoms with Gasteiger partial charge < -0.3 is 4.74 Å². The number of nitrogens with zero attached hydrogens (tertiary/aromatic N) is 3. The first kappa shape index (κ1) is 12.5. The highest BCUT2D eigenvalue weighted by molar-refractivity contribution is 5.69. The maximum Gasteiger partial charge on any atom is 0.414 e. The molecule has 0 spiro atoms. The van der Waals surface area contributed by atoms with Gasteiger partial charge in [-0.05, 0) is 20.8 Å². The van der Waals surface area contributed by atoms with Crippen LogP contribution in [-0.4, -0.2) is 26.6 Å². The molecule has 1 aromatic rings. The van der Waals surface area contributed by atoms with Crippen molar-refractivity contribution in [3.63, 3.8) is 0 Å². The summed E-state index contributed by atoms with van der Waals surface area (Å²) < 4.78 is 5.34. The van der Waals surface area contributed by atoms with Crippen LogP contribution >= 0.6 is 0 Å². The van der Waals surface area contributed by atoms with Crippen LogP contribution in [0.4, 0.5) is 4.79 Å². The van der Waals surface area contributed by atoms with Gasteiger partial charge in [0.2, 0.25) is 0 Å². The molecule has 0 fully saturated rings. The molecule has 0 unspecified atom stereocenters. The lowest BCUT2D eigenvalue weighted by Crippen LogP contribution is -2.33. The lowest BCUT2D eigenvalue weighted by atomic mass is 10.2. The second kappa shape index (κ2) is 4.76. The van der Waals surface area contributed by atoms with E-state index < -0.39 is 5.60 Å². The van der Waals surface area contributed by atoms with E-state index in [0.29, 0.717) is 13.0 Å². The van der Waals surface area contributed by atoms with Crippen molar-refractivity contribution in [2.45, 2.75) is 39.3 Å². The van der Waals surface area contributed by atoms with Crippen molar-refractivity contribution < 1.29 is 9.53 Å². The first-order valence-corrected chi connectivity index (χ1v) is 5.90. The van der Waals surface area contributed by atoms with Crippen LogP contribution in [0.1, 0.15) is 32.0 Å². The first-order valence-electron chi connectivity index (χ1n) is 5.90. The molecule has 5 nitrogen and oxygen atoms in total. The summed E-state index contributed by atoms with van der Waals surface area (Å²) in [6, 6.07) is 0. The molecule has 5 heteroatoms. The van der Waals surface area contributed by atoms with Crippen LogP contribution in [0.25, 0.3) is 0 Å². The molecule has 0 N–H and O–H groups in total. The van der Waals surface area contributed by atoms with E-state index in [1.54, 1.807) is 17.3 Å². The largest absolute Gasteiger partial charge is 0.443 e. The Morgan fingerprint density at radius 2 is 2.22 bits per heavy atom. The van der Waals surface area contributed by atoms with Crippen molar-refractivity contribution in [3.05, 3.63) is 36.1 Å². The van der Waals surface area contributed by atoms with Gasteiger partial charge in [-0.1, -0.05) is 6.08 Å². The van der Waals surface area contributed by atoms with E-state index in [-0.39, 0.29) is 6.09 Å². The van der Waals surface area contributed by atoms with Gasteiger partial charge in [0.1, 0.15) is 11.9 Å². The summed E-state index contributed by atoms with van der Waals surface area (Å²) in [6.07, 6.45) is 7.27. The Morgan fingerprint density at radius 3 is 2.94 bits per heavy atom. The molecule has 1 amide bonds. The second-order valence-electron chi connectivity index (χ2n) is 5.19. The summed E-state index contributed by atoms with van der Waals surface area (Å²) >= 11 is 0. The Labute approximate surface area is 106 Å². The summed E-state index contributed by atoms with van der Waals surface area (Å²) in [5.41, 5.74) is 1.41. The van der Waals surface area contributed by atoms with Crippen molar-refractivity contribution in [2.24, 2.45) is 0 Å². The van der Waals surface area contributed by atoms with E-state index in [1.165, 1.54) is 6.33 Å². The molecular formula is C13H17N3O2. The maximum atomic E-state index is 12.0. The van der Waals surface area contributed by atoms with Crippen molar-refractivity contribution in [3.8, 4) is 0 Å². The number of ether oxygens (including phenoxy) is 1.